The Bertz CT molecular complexity index is 983. The molecular weight excluding hydrogens is 300 g/mol. The molecular formula is C18H18N6. The fraction of sp³-hybridized carbons (Fsp3) is 0.167. The Kier molecular flexibility index (Phi) is 3.49. The van der Waals surface area contributed by atoms with Crippen molar-refractivity contribution in [1.82, 2.24) is 24.1 Å². The van der Waals surface area contributed by atoms with Crippen LogP contribution in [0.1, 0.15) is 11.3 Å². The Morgan fingerprint density at radius 3 is 2.71 bits per heavy atom. The van der Waals surface area contributed by atoms with E-state index in [0.29, 0.717) is 0 Å². The molecule has 6 heteroatoms. The molecule has 0 saturated heterocycles. The number of imidazole rings is 1. The number of hydrogen-bond donors (Lipinski definition) is 1. The van der Waals surface area contributed by atoms with Gasteiger partial charge in [0.05, 0.1) is 12.4 Å². The standard InChI is InChI=1S/C18H18N6/c1-13-15(11-21-23(13)2)17-18(20-10-14-6-4-3-5-7-14)24-9-8-19-12-16(24)22-17/h3-9,11-12,20H,10H2,1-2H3. The predicted octanol–water partition coefficient (Wildman–Crippen LogP) is 3.05. The fourth-order valence-electron chi connectivity index (χ4n) is 2.78. The molecule has 0 atom stereocenters. The van der Waals surface area contributed by atoms with E-state index in [1.165, 1.54) is 5.56 Å². The van der Waals surface area contributed by atoms with Gasteiger partial charge in [-0.15, -0.1) is 0 Å². The van der Waals surface area contributed by atoms with Crippen LogP contribution in [0, 0.1) is 6.92 Å². The number of benzene rings is 1. The summed E-state index contributed by atoms with van der Waals surface area (Å²) in [5, 5.41) is 7.87. The van der Waals surface area contributed by atoms with E-state index >= 15 is 0 Å². The molecule has 4 rings (SSSR count). The van der Waals surface area contributed by atoms with Gasteiger partial charge in [-0.25, -0.2) is 4.98 Å². The van der Waals surface area contributed by atoms with Gasteiger partial charge in [0.15, 0.2) is 5.65 Å². The van der Waals surface area contributed by atoms with Gasteiger partial charge in [0.1, 0.15) is 11.5 Å². The van der Waals surface area contributed by atoms with E-state index in [0.717, 1.165) is 35.0 Å². The van der Waals surface area contributed by atoms with Crippen LogP contribution >= 0.6 is 0 Å². The van der Waals surface area contributed by atoms with Gasteiger partial charge >= 0.3 is 0 Å². The van der Waals surface area contributed by atoms with Gasteiger partial charge in [0.25, 0.3) is 0 Å². The number of nitrogens with one attached hydrogen (secondary N) is 1. The highest BCUT2D eigenvalue weighted by atomic mass is 15.3. The summed E-state index contributed by atoms with van der Waals surface area (Å²) in [5.41, 5.74) is 5.03. The van der Waals surface area contributed by atoms with Crippen molar-refractivity contribution >= 4 is 11.5 Å². The number of aromatic nitrogens is 5. The molecule has 0 unspecified atom stereocenters. The SMILES string of the molecule is Cc1c(-c2nc3cnccn3c2NCc2ccccc2)cnn1C. The van der Waals surface area contributed by atoms with Crippen LogP contribution in [0.15, 0.2) is 55.1 Å². The van der Waals surface area contributed by atoms with Crippen LogP contribution in [0.5, 0.6) is 0 Å². The highest BCUT2D eigenvalue weighted by Gasteiger charge is 2.17. The van der Waals surface area contributed by atoms with Gasteiger partial charge in [0, 0.05) is 37.2 Å². The second kappa shape index (κ2) is 5.81. The summed E-state index contributed by atoms with van der Waals surface area (Å²) in [4.78, 5) is 8.93. The minimum atomic E-state index is 0.725. The number of anilines is 1. The summed E-state index contributed by atoms with van der Waals surface area (Å²) in [6.45, 7) is 2.77. The van der Waals surface area contributed by atoms with E-state index in [1.807, 2.05) is 53.6 Å². The van der Waals surface area contributed by atoms with Crippen molar-refractivity contribution in [2.45, 2.75) is 13.5 Å². The third kappa shape index (κ3) is 2.42. The molecule has 0 radical (unpaired) electrons. The van der Waals surface area contributed by atoms with E-state index in [2.05, 4.69) is 27.5 Å². The lowest BCUT2D eigenvalue weighted by Gasteiger charge is -2.08. The summed E-state index contributed by atoms with van der Waals surface area (Å²) in [6, 6.07) is 10.3. The number of nitrogens with zero attached hydrogens (tertiary/aromatic N) is 5. The van der Waals surface area contributed by atoms with Crippen molar-refractivity contribution < 1.29 is 0 Å². The molecule has 0 bridgehead atoms. The third-order valence-corrected chi connectivity index (χ3v) is 4.22. The Labute approximate surface area is 139 Å². The molecule has 0 fully saturated rings. The Morgan fingerprint density at radius 2 is 1.96 bits per heavy atom. The lowest BCUT2D eigenvalue weighted by Crippen LogP contribution is -2.03. The molecule has 0 amide bonds. The average molecular weight is 318 g/mol. The number of hydrogen-bond acceptors (Lipinski definition) is 4. The van der Waals surface area contributed by atoms with Crippen LogP contribution in [0.4, 0.5) is 5.82 Å². The molecule has 1 N–H and O–H groups in total. The van der Waals surface area contributed by atoms with Gasteiger partial charge in [-0.3, -0.25) is 14.1 Å². The zero-order chi connectivity index (χ0) is 16.5. The fourth-order valence-corrected chi connectivity index (χ4v) is 2.78. The molecule has 0 aliphatic rings. The Morgan fingerprint density at radius 1 is 1.12 bits per heavy atom. The van der Waals surface area contributed by atoms with Crippen molar-refractivity contribution in [3.8, 4) is 11.3 Å². The topological polar surface area (TPSA) is 60.0 Å². The van der Waals surface area contributed by atoms with Crippen LogP contribution in [0.3, 0.4) is 0 Å². The summed E-state index contributed by atoms with van der Waals surface area (Å²) >= 11 is 0. The highest BCUT2D eigenvalue weighted by Crippen LogP contribution is 2.30. The van der Waals surface area contributed by atoms with E-state index in [4.69, 9.17) is 4.98 Å². The zero-order valence-electron chi connectivity index (χ0n) is 13.6. The van der Waals surface area contributed by atoms with Crippen LogP contribution in [-0.4, -0.2) is 24.1 Å². The van der Waals surface area contributed by atoms with E-state index in [9.17, 15) is 0 Å². The maximum absolute atomic E-state index is 4.75. The van der Waals surface area contributed by atoms with Crippen molar-refractivity contribution in [2.24, 2.45) is 7.05 Å². The van der Waals surface area contributed by atoms with Crippen molar-refractivity contribution in [1.29, 1.82) is 0 Å². The quantitative estimate of drug-likeness (QED) is 0.628. The second-order valence-corrected chi connectivity index (χ2v) is 5.72. The van der Waals surface area contributed by atoms with Gasteiger partial charge in [0.2, 0.25) is 0 Å². The van der Waals surface area contributed by atoms with Crippen LogP contribution < -0.4 is 5.32 Å². The number of fused-ring (bicyclic) bond motifs is 1. The normalized spacial score (nSPS) is 11.1. The summed E-state index contributed by atoms with van der Waals surface area (Å²) in [6.07, 6.45) is 7.31. The molecule has 0 aliphatic heterocycles. The predicted molar refractivity (Wildman–Crippen MR) is 93.7 cm³/mol. The molecule has 1 aromatic carbocycles. The molecule has 0 aliphatic carbocycles. The van der Waals surface area contributed by atoms with E-state index < -0.39 is 0 Å². The van der Waals surface area contributed by atoms with Crippen LogP contribution in [-0.2, 0) is 13.6 Å². The van der Waals surface area contributed by atoms with Crippen molar-refractivity contribution in [3.05, 3.63) is 66.4 Å². The zero-order valence-corrected chi connectivity index (χ0v) is 13.6. The summed E-state index contributed by atoms with van der Waals surface area (Å²) < 4.78 is 3.89. The smallest absolute Gasteiger partial charge is 0.157 e. The van der Waals surface area contributed by atoms with E-state index in [1.54, 1.807) is 12.4 Å². The summed E-state index contributed by atoms with van der Waals surface area (Å²) in [7, 11) is 1.94. The molecule has 24 heavy (non-hydrogen) atoms. The number of aryl methyl sites for hydroxylation is 1. The van der Waals surface area contributed by atoms with Crippen molar-refractivity contribution in [3.63, 3.8) is 0 Å². The molecule has 3 aromatic heterocycles. The monoisotopic (exact) mass is 318 g/mol. The number of rotatable bonds is 4. The van der Waals surface area contributed by atoms with Crippen LogP contribution in [0.2, 0.25) is 0 Å². The first-order valence-corrected chi connectivity index (χ1v) is 7.83. The average Bonchev–Trinajstić information content (AvgIpc) is 3.14. The third-order valence-electron chi connectivity index (χ3n) is 4.22. The van der Waals surface area contributed by atoms with E-state index in [-0.39, 0.29) is 0 Å². The maximum atomic E-state index is 4.75. The second-order valence-electron chi connectivity index (χ2n) is 5.72. The Balaban J connectivity index is 1.80. The Hall–Kier alpha value is -3.15. The lowest BCUT2D eigenvalue weighted by molar-refractivity contribution is 0.740. The maximum Gasteiger partial charge on any atom is 0.157 e. The molecule has 120 valence electrons. The lowest BCUT2D eigenvalue weighted by atomic mass is 10.2. The molecule has 4 aromatic rings. The van der Waals surface area contributed by atoms with Gasteiger partial charge in [-0.05, 0) is 12.5 Å². The van der Waals surface area contributed by atoms with Gasteiger partial charge < -0.3 is 5.32 Å². The molecule has 0 spiro atoms. The van der Waals surface area contributed by atoms with Gasteiger partial charge in [-0.2, -0.15) is 5.10 Å². The minimum absolute atomic E-state index is 0.725. The first-order chi connectivity index (χ1) is 11.7. The molecule has 0 saturated carbocycles. The first-order valence-electron chi connectivity index (χ1n) is 7.83. The molecule has 6 nitrogen and oxygen atoms in total. The van der Waals surface area contributed by atoms with Gasteiger partial charge in [-0.1, -0.05) is 30.3 Å². The van der Waals surface area contributed by atoms with Crippen LogP contribution in [0.25, 0.3) is 16.9 Å². The van der Waals surface area contributed by atoms with Crippen molar-refractivity contribution in [2.75, 3.05) is 5.32 Å². The largest absolute Gasteiger partial charge is 0.365 e. The highest BCUT2D eigenvalue weighted by molar-refractivity contribution is 5.77. The molecule has 3 heterocycles. The minimum Gasteiger partial charge on any atom is -0.365 e. The summed E-state index contributed by atoms with van der Waals surface area (Å²) in [5.74, 6) is 0.951. The first kappa shape index (κ1) is 14.4.